The van der Waals surface area contributed by atoms with Gasteiger partial charge < -0.3 is 4.90 Å². The van der Waals surface area contributed by atoms with Gasteiger partial charge in [-0.3, -0.25) is 0 Å². The number of aromatic nitrogens is 2. The van der Waals surface area contributed by atoms with E-state index in [1.54, 1.807) is 0 Å². The highest BCUT2D eigenvalue weighted by Gasteiger charge is 2.13. The second-order valence-electron chi connectivity index (χ2n) is 10.7. The predicted octanol–water partition coefficient (Wildman–Crippen LogP) is 9.14. The van der Waals surface area contributed by atoms with Crippen molar-refractivity contribution in [3.8, 4) is 11.1 Å². The fourth-order valence-corrected chi connectivity index (χ4v) is 4.72. The molecule has 0 radical (unpaired) electrons. The van der Waals surface area contributed by atoms with Gasteiger partial charge in [-0.15, -0.1) is 0 Å². The third kappa shape index (κ3) is 9.00. The van der Waals surface area contributed by atoms with Crippen LogP contribution in [0.1, 0.15) is 64.3 Å². The van der Waals surface area contributed by atoms with Gasteiger partial charge in [0.1, 0.15) is 11.6 Å². The van der Waals surface area contributed by atoms with E-state index in [1.807, 2.05) is 50.2 Å². The molecule has 4 aromatic rings. The molecule has 1 saturated carbocycles. The molecule has 196 valence electrons. The molecule has 37 heavy (non-hydrogen) atoms. The van der Waals surface area contributed by atoms with Gasteiger partial charge in [-0.25, -0.2) is 9.97 Å². The van der Waals surface area contributed by atoms with Crippen molar-refractivity contribution in [1.29, 1.82) is 0 Å². The minimum Gasteiger partial charge on any atom is -0.362 e. The number of rotatable bonds is 4. The number of benzene rings is 3. The van der Waals surface area contributed by atoms with Crippen molar-refractivity contribution in [2.75, 3.05) is 19.0 Å². The molecule has 0 saturated heterocycles. The minimum atomic E-state index is 0.812. The second-order valence-corrected chi connectivity index (χ2v) is 10.7. The molecular weight excluding hydrogens is 450 g/mol. The highest BCUT2D eigenvalue weighted by atomic mass is 15.1. The van der Waals surface area contributed by atoms with Gasteiger partial charge in [0.25, 0.3) is 0 Å². The number of aryl methyl sites for hydroxylation is 2. The van der Waals surface area contributed by atoms with Crippen LogP contribution in [0.3, 0.4) is 0 Å². The first-order valence-corrected chi connectivity index (χ1v) is 13.9. The summed E-state index contributed by atoms with van der Waals surface area (Å²) in [4.78, 5) is 10.8. The zero-order valence-electron chi connectivity index (χ0n) is 23.7. The lowest BCUT2D eigenvalue weighted by molar-refractivity contribution is 0.308. The summed E-state index contributed by atoms with van der Waals surface area (Å²) in [5, 5.41) is 1.10. The Morgan fingerprint density at radius 1 is 0.703 bits per heavy atom. The Morgan fingerprint density at radius 3 is 1.81 bits per heavy atom. The van der Waals surface area contributed by atoms with Crippen molar-refractivity contribution in [3.05, 3.63) is 90.3 Å². The highest BCUT2D eigenvalue weighted by Crippen LogP contribution is 2.27. The average Bonchev–Trinajstić information content (AvgIpc) is 2.92. The monoisotopic (exact) mass is 495 g/mol. The second kappa shape index (κ2) is 14.5. The Labute approximate surface area is 225 Å². The normalized spacial score (nSPS) is 16.7. The maximum atomic E-state index is 4.42. The van der Waals surface area contributed by atoms with E-state index in [-0.39, 0.29) is 0 Å². The van der Waals surface area contributed by atoms with E-state index in [9.17, 15) is 0 Å². The van der Waals surface area contributed by atoms with Crippen molar-refractivity contribution in [2.45, 2.75) is 66.2 Å². The molecular formula is C34H45N3. The Morgan fingerprint density at radius 2 is 1.24 bits per heavy atom. The van der Waals surface area contributed by atoms with Crippen molar-refractivity contribution >= 4 is 16.7 Å². The van der Waals surface area contributed by atoms with E-state index in [0.717, 1.165) is 34.4 Å². The lowest BCUT2D eigenvalue weighted by Crippen LogP contribution is -2.12. The zero-order chi connectivity index (χ0) is 26.6. The smallest absolute Gasteiger partial charge is 0.139 e. The largest absolute Gasteiger partial charge is 0.362 e. The molecule has 0 N–H and O–H groups in total. The average molecular weight is 496 g/mol. The molecule has 3 nitrogen and oxygen atoms in total. The summed E-state index contributed by atoms with van der Waals surface area (Å²) >= 11 is 0. The molecule has 1 aliphatic rings. The van der Waals surface area contributed by atoms with E-state index in [4.69, 9.17) is 0 Å². The Bertz CT molecular complexity index is 1180. The summed E-state index contributed by atoms with van der Waals surface area (Å²) < 4.78 is 0. The molecule has 0 spiro atoms. The van der Waals surface area contributed by atoms with Gasteiger partial charge in [0, 0.05) is 19.5 Å². The third-order valence-corrected chi connectivity index (χ3v) is 7.02. The summed E-state index contributed by atoms with van der Waals surface area (Å²) in [6.07, 6.45) is 8.28. The lowest BCUT2D eigenvalue weighted by Gasteiger charge is -2.22. The third-order valence-electron chi connectivity index (χ3n) is 7.02. The van der Waals surface area contributed by atoms with Crippen LogP contribution in [0, 0.1) is 18.8 Å². The van der Waals surface area contributed by atoms with Crippen LogP contribution in [-0.4, -0.2) is 24.1 Å². The summed E-state index contributed by atoms with van der Waals surface area (Å²) in [5.41, 5.74) is 5.02. The van der Waals surface area contributed by atoms with Crippen molar-refractivity contribution in [1.82, 2.24) is 9.97 Å². The van der Waals surface area contributed by atoms with E-state index in [1.165, 1.54) is 55.2 Å². The standard InChI is InChI=1S/C15H16.C11H13N3.C8H16/c1-2-6-13-9-11-15(12-10-13)14-7-4-3-5-8-14;1-8-12-10-7-5-4-6-9(10)11(13-8)14(2)3;1-7-3-5-8(2)6-4-7/h3-5,7-12H,2,6H2,1H3;4-7H,1-3H3;7-8H,3-6H2,1-2H3. The highest BCUT2D eigenvalue weighted by molar-refractivity contribution is 5.89. The molecule has 0 aliphatic heterocycles. The fraction of sp³-hybridized carbons (Fsp3) is 0.412. The van der Waals surface area contributed by atoms with Crippen LogP contribution in [-0.2, 0) is 6.42 Å². The zero-order valence-corrected chi connectivity index (χ0v) is 23.7. The Balaban J connectivity index is 0.000000161. The van der Waals surface area contributed by atoms with E-state index >= 15 is 0 Å². The number of fused-ring (bicyclic) bond motifs is 1. The molecule has 0 bridgehead atoms. The number of hydrogen-bond acceptors (Lipinski definition) is 3. The van der Waals surface area contributed by atoms with Gasteiger partial charge in [0.15, 0.2) is 0 Å². The summed E-state index contributed by atoms with van der Waals surface area (Å²) in [6.45, 7) is 8.86. The van der Waals surface area contributed by atoms with Gasteiger partial charge in [-0.2, -0.15) is 0 Å². The number of nitrogens with zero attached hydrogens (tertiary/aromatic N) is 3. The molecule has 3 heteroatoms. The van der Waals surface area contributed by atoms with Crippen molar-refractivity contribution in [3.63, 3.8) is 0 Å². The molecule has 1 aromatic heterocycles. The van der Waals surface area contributed by atoms with Gasteiger partial charge >= 0.3 is 0 Å². The summed E-state index contributed by atoms with van der Waals surface area (Å²) in [6, 6.07) is 27.4. The summed E-state index contributed by atoms with van der Waals surface area (Å²) in [7, 11) is 3.99. The van der Waals surface area contributed by atoms with Crippen LogP contribution in [0.5, 0.6) is 0 Å². The SMILES string of the molecule is CC1CCC(C)CC1.CCCc1ccc(-c2ccccc2)cc1.Cc1nc(N(C)C)c2ccccc2n1. The molecule has 3 aromatic carbocycles. The fourth-order valence-electron chi connectivity index (χ4n) is 4.72. The van der Waals surface area contributed by atoms with Crippen LogP contribution >= 0.6 is 0 Å². The maximum absolute atomic E-state index is 4.42. The number of para-hydroxylation sites is 1. The van der Waals surface area contributed by atoms with Crippen molar-refractivity contribution < 1.29 is 0 Å². The van der Waals surface area contributed by atoms with Crippen LogP contribution in [0.4, 0.5) is 5.82 Å². The molecule has 1 heterocycles. The maximum Gasteiger partial charge on any atom is 0.139 e. The molecule has 0 unspecified atom stereocenters. The molecule has 0 amide bonds. The summed E-state index contributed by atoms with van der Waals surface area (Å²) in [5.74, 6) is 3.83. The van der Waals surface area contributed by atoms with E-state index in [2.05, 4.69) is 85.3 Å². The van der Waals surface area contributed by atoms with Gasteiger partial charge in [0.05, 0.1) is 5.52 Å². The first-order chi connectivity index (χ1) is 17.9. The number of hydrogen-bond donors (Lipinski definition) is 0. The van der Waals surface area contributed by atoms with Gasteiger partial charge in [-0.1, -0.05) is 120 Å². The van der Waals surface area contributed by atoms with Crippen LogP contribution in [0.2, 0.25) is 0 Å². The lowest BCUT2D eigenvalue weighted by atomic mass is 9.84. The first kappa shape index (κ1) is 28.4. The van der Waals surface area contributed by atoms with Gasteiger partial charge in [-0.05, 0) is 54.0 Å². The van der Waals surface area contributed by atoms with Crippen molar-refractivity contribution in [2.24, 2.45) is 11.8 Å². The van der Waals surface area contributed by atoms with Crippen LogP contribution in [0.25, 0.3) is 22.0 Å². The Hall–Kier alpha value is -3.20. The topological polar surface area (TPSA) is 29.0 Å². The minimum absolute atomic E-state index is 0.812. The molecule has 5 rings (SSSR count). The molecule has 1 aliphatic carbocycles. The van der Waals surface area contributed by atoms with E-state index < -0.39 is 0 Å². The quantitative estimate of drug-likeness (QED) is 0.283. The van der Waals surface area contributed by atoms with Crippen LogP contribution < -0.4 is 4.90 Å². The van der Waals surface area contributed by atoms with Gasteiger partial charge in [0.2, 0.25) is 0 Å². The predicted molar refractivity (Wildman–Crippen MR) is 161 cm³/mol. The van der Waals surface area contributed by atoms with E-state index in [0.29, 0.717) is 0 Å². The Kier molecular flexibility index (Phi) is 11.1. The molecule has 0 atom stereocenters. The van der Waals surface area contributed by atoms with Crippen LogP contribution in [0.15, 0.2) is 78.9 Å². The number of anilines is 1. The first-order valence-electron chi connectivity index (χ1n) is 13.9. The molecule has 1 fully saturated rings.